The number of amides is 2. The van der Waals surface area contributed by atoms with Gasteiger partial charge in [-0.05, 0) is 25.9 Å². The SMILES string of the molecule is CN1CCC(CN=C2NC(=O)C(=O)N2)C1. The minimum Gasteiger partial charge on any atom is -0.306 e. The standard InChI is InChI=1S/C9H14N4O2/c1-13-3-2-6(5-13)4-10-9-11-7(14)8(15)12-9/h6H,2-5H2,1H3,(H2,10,11,12,14,15). The first-order valence-electron chi connectivity index (χ1n) is 5.00. The molecule has 2 saturated heterocycles. The van der Waals surface area contributed by atoms with Crippen LogP contribution in [0.25, 0.3) is 0 Å². The molecule has 0 aromatic carbocycles. The zero-order valence-electron chi connectivity index (χ0n) is 8.62. The summed E-state index contributed by atoms with van der Waals surface area (Å²) in [5, 5.41) is 4.75. The van der Waals surface area contributed by atoms with Crippen LogP contribution in [0.5, 0.6) is 0 Å². The van der Waals surface area contributed by atoms with Gasteiger partial charge in [-0.1, -0.05) is 0 Å². The summed E-state index contributed by atoms with van der Waals surface area (Å²) >= 11 is 0. The molecular weight excluding hydrogens is 196 g/mol. The molecule has 6 nitrogen and oxygen atoms in total. The number of nitrogens with one attached hydrogen (secondary N) is 2. The topological polar surface area (TPSA) is 73.8 Å². The van der Waals surface area contributed by atoms with Crippen molar-refractivity contribution in [3.8, 4) is 0 Å². The fourth-order valence-corrected chi connectivity index (χ4v) is 1.83. The average molecular weight is 210 g/mol. The van der Waals surface area contributed by atoms with Crippen molar-refractivity contribution < 1.29 is 9.59 Å². The van der Waals surface area contributed by atoms with E-state index >= 15 is 0 Å². The number of rotatable bonds is 2. The molecule has 1 unspecified atom stereocenters. The van der Waals surface area contributed by atoms with E-state index in [1.54, 1.807) is 0 Å². The molecule has 1 atom stereocenters. The minimum atomic E-state index is -0.628. The Bertz CT molecular complexity index is 308. The molecule has 2 aliphatic rings. The summed E-state index contributed by atoms with van der Waals surface area (Å²) in [6.07, 6.45) is 1.12. The molecule has 2 heterocycles. The molecule has 0 spiro atoms. The number of likely N-dealkylation sites (tertiary alicyclic amines) is 1. The molecule has 0 aliphatic carbocycles. The molecule has 2 N–H and O–H groups in total. The Morgan fingerprint density at radius 3 is 2.60 bits per heavy atom. The van der Waals surface area contributed by atoms with Gasteiger partial charge in [0.2, 0.25) is 5.96 Å². The van der Waals surface area contributed by atoms with Gasteiger partial charge in [-0.2, -0.15) is 0 Å². The Kier molecular flexibility index (Phi) is 2.68. The van der Waals surface area contributed by atoms with Crippen LogP contribution in [0.15, 0.2) is 4.99 Å². The smallest absolute Gasteiger partial charge is 0.306 e. The van der Waals surface area contributed by atoms with E-state index in [0.717, 1.165) is 19.5 Å². The second-order valence-electron chi connectivity index (χ2n) is 4.01. The Labute approximate surface area is 87.7 Å². The third kappa shape index (κ3) is 2.33. The van der Waals surface area contributed by atoms with Crippen LogP contribution in [0.1, 0.15) is 6.42 Å². The van der Waals surface area contributed by atoms with E-state index in [1.165, 1.54) is 0 Å². The third-order valence-corrected chi connectivity index (χ3v) is 2.67. The molecular formula is C9H14N4O2. The number of hydrogen-bond acceptors (Lipinski definition) is 4. The Morgan fingerprint density at radius 1 is 1.40 bits per heavy atom. The first kappa shape index (κ1) is 10.1. The largest absolute Gasteiger partial charge is 0.316 e. The molecule has 15 heavy (non-hydrogen) atoms. The second kappa shape index (κ2) is 3.98. The van der Waals surface area contributed by atoms with Gasteiger partial charge in [-0.25, -0.2) is 0 Å². The fourth-order valence-electron chi connectivity index (χ4n) is 1.83. The zero-order valence-corrected chi connectivity index (χ0v) is 8.62. The van der Waals surface area contributed by atoms with Crippen molar-refractivity contribution in [1.29, 1.82) is 0 Å². The second-order valence-corrected chi connectivity index (χ2v) is 4.01. The first-order chi connectivity index (χ1) is 7.15. The van der Waals surface area contributed by atoms with Crippen molar-refractivity contribution in [1.82, 2.24) is 15.5 Å². The monoisotopic (exact) mass is 210 g/mol. The normalized spacial score (nSPS) is 26.7. The molecule has 6 heteroatoms. The molecule has 2 amide bonds. The highest BCUT2D eigenvalue weighted by Gasteiger charge is 2.26. The zero-order chi connectivity index (χ0) is 10.8. The highest BCUT2D eigenvalue weighted by molar-refractivity contribution is 6.45. The van der Waals surface area contributed by atoms with Crippen LogP contribution in [-0.4, -0.2) is 49.4 Å². The lowest BCUT2D eigenvalue weighted by molar-refractivity contribution is -0.135. The molecule has 0 radical (unpaired) electrons. The molecule has 0 bridgehead atoms. The predicted molar refractivity (Wildman–Crippen MR) is 54.2 cm³/mol. The summed E-state index contributed by atoms with van der Waals surface area (Å²) in [6.45, 7) is 2.77. The molecule has 82 valence electrons. The van der Waals surface area contributed by atoms with Crippen molar-refractivity contribution in [2.75, 3.05) is 26.7 Å². The highest BCUT2D eigenvalue weighted by atomic mass is 16.2. The van der Waals surface area contributed by atoms with Gasteiger partial charge in [0, 0.05) is 13.1 Å². The molecule has 2 fully saturated rings. The minimum absolute atomic E-state index is 0.291. The maximum atomic E-state index is 10.8. The van der Waals surface area contributed by atoms with Crippen molar-refractivity contribution in [2.24, 2.45) is 10.9 Å². The van der Waals surface area contributed by atoms with Gasteiger partial charge >= 0.3 is 11.8 Å². The van der Waals surface area contributed by atoms with Crippen LogP contribution in [0.2, 0.25) is 0 Å². The van der Waals surface area contributed by atoms with Gasteiger partial charge in [0.15, 0.2) is 0 Å². The number of hydrogen-bond donors (Lipinski definition) is 2. The van der Waals surface area contributed by atoms with Crippen LogP contribution in [0, 0.1) is 5.92 Å². The summed E-state index contributed by atoms with van der Waals surface area (Å²) in [5.74, 6) is -0.439. The maximum absolute atomic E-state index is 10.8. The van der Waals surface area contributed by atoms with Gasteiger partial charge in [-0.15, -0.1) is 0 Å². The summed E-state index contributed by atoms with van der Waals surface area (Å²) in [6, 6.07) is 0. The Hall–Kier alpha value is -1.43. The van der Waals surface area contributed by atoms with E-state index in [9.17, 15) is 9.59 Å². The molecule has 0 aromatic rings. The van der Waals surface area contributed by atoms with Gasteiger partial charge < -0.3 is 4.90 Å². The Morgan fingerprint density at radius 2 is 2.07 bits per heavy atom. The van der Waals surface area contributed by atoms with E-state index < -0.39 is 11.8 Å². The summed E-state index contributed by atoms with van der Waals surface area (Å²) in [4.78, 5) is 28.1. The van der Waals surface area contributed by atoms with Crippen molar-refractivity contribution in [2.45, 2.75) is 6.42 Å². The molecule has 2 aliphatic heterocycles. The van der Waals surface area contributed by atoms with Crippen LogP contribution in [0.3, 0.4) is 0 Å². The third-order valence-electron chi connectivity index (χ3n) is 2.67. The average Bonchev–Trinajstić information content (AvgIpc) is 2.72. The molecule has 0 saturated carbocycles. The number of carbonyl (C=O) groups excluding carboxylic acids is 2. The van der Waals surface area contributed by atoms with E-state index in [1.807, 2.05) is 0 Å². The van der Waals surface area contributed by atoms with Crippen molar-refractivity contribution in [3.63, 3.8) is 0 Å². The summed E-state index contributed by atoms with van der Waals surface area (Å²) < 4.78 is 0. The van der Waals surface area contributed by atoms with E-state index in [4.69, 9.17) is 0 Å². The van der Waals surface area contributed by atoms with Gasteiger partial charge in [0.25, 0.3) is 0 Å². The lowest BCUT2D eigenvalue weighted by Crippen LogP contribution is -2.27. The van der Waals surface area contributed by atoms with Crippen LogP contribution in [0.4, 0.5) is 0 Å². The quantitative estimate of drug-likeness (QED) is 0.547. The lowest BCUT2D eigenvalue weighted by atomic mass is 10.1. The van der Waals surface area contributed by atoms with Crippen molar-refractivity contribution >= 4 is 17.8 Å². The van der Waals surface area contributed by atoms with Crippen LogP contribution < -0.4 is 10.6 Å². The molecule has 0 aromatic heterocycles. The van der Waals surface area contributed by atoms with E-state index in [2.05, 4.69) is 27.6 Å². The number of guanidine groups is 1. The first-order valence-corrected chi connectivity index (χ1v) is 5.00. The molecule has 2 rings (SSSR count). The van der Waals surface area contributed by atoms with Gasteiger partial charge in [-0.3, -0.25) is 25.2 Å². The number of carbonyl (C=O) groups is 2. The van der Waals surface area contributed by atoms with Gasteiger partial charge in [0.05, 0.1) is 0 Å². The number of nitrogens with zero attached hydrogens (tertiary/aromatic N) is 2. The maximum Gasteiger partial charge on any atom is 0.316 e. The lowest BCUT2D eigenvalue weighted by Gasteiger charge is -2.07. The predicted octanol–water partition coefficient (Wildman–Crippen LogP) is -1.46. The van der Waals surface area contributed by atoms with Crippen molar-refractivity contribution in [3.05, 3.63) is 0 Å². The Balaban J connectivity index is 1.85. The van der Waals surface area contributed by atoms with Crippen LogP contribution >= 0.6 is 0 Å². The van der Waals surface area contributed by atoms with Gasteiger partial charge in [0.1, 0.15) is 0 Å². The highest BCUT2D eigenvalue weighted by Crippen LogP contribution is 2.14. The summed E-state index contributed by atoms with van der Waals surface area (Å²) in [7, 11) is 2.08. The van der Waals surface area contributed by atoms with E-state index in [-0.39, 0.29) is 0 Å². The summed E-state index contributed by atoms with van der Waals surface area (Å²) in [5.41, 5.74) is 0. The van der Waals surface area contributed by atoms with E-state index in [0.29, 0.717) is 18.4 Å². The van der Waals surface area contributed by atoms with Crippen LogP contribution in [-0.2, 0) is 9.59 Å². The number of aliphatic imine (C=N–C) groups is 1. The fraction of sp³-hybridized carbons (Fsp3) is 0.667.